The first-order valence-electron chi connectivity index (χ1n) is 3.73. The van der Waals surface area contributed by atoms with E-state index in [0.717, 1.165) is 5.39 Å². The Labute approximate surface area is 94.9 Å². The molecule has 2 aromatic heterocycles. The van der Waals surface area contributed by atoms with Gasteiger partial charge in [0.25, 0.3) is 0 Å². The van der Waals surface area contributed by atoms with Gasteiger partial charge in [0.15, 0.2) is 10.3 Å². The van der Waals surface area contributed by atoms with E-state index in [0.29, 0.717) is 21.0 Å². The molecule has 0 aromatic carbocycles. The average Bonchev–Trinajstić information content (AvgIpc) is 2.17. The molecule has 0 amide bonds. The zero-order valence-corrected chi connectivity index (χ0v) is 9.49. The second-order valence-electron chi connectivity index (χ2n) is 2.53. The zero-order chi connectivity index (χ0) is 10.1. The van der Waals surface area contributed by atoms with Crippen LogP contribution in [0.1, 0.15) is 0 Å². The van der Waals surface area contributed by atoms with Crippen molar-refractivity contribution in [3.63, 3.8) is 0 Å². The Hall–Kier alpha value is -0.580. The molecule has 0 saturated heterocycles. The third-order valence-corrected chi connectivity index (χ3v) is 2.67. The summed E-state index contributed by atoms with van der Waals surface area (Å²) in [7, 11) is 0. The van der Waals surface area contributed by atoms with Gasteiger partial charge in [0.1, 0.15) is 10.7 Å². The first-order chi connectivity index (χ1) is 6.70. The van der Waals surface area contributed by atoms with E-state index >= 15 is 0 Å². The molecule has 14 heavy (non-hydrogen) atoms. The van der Waals surface area contributed by atoms with Crippen LogP contribution in [0.2, 0.25) is 10.3 Å². The van der Waals surface area contributed by atoms with Crippen LogP contribution in [-0.4, -0.2) is 21.2 Å². The fourth-order valence-electron chi connectivity index (χ4n) is 1.05. The molecule has 2 rings (SSSR count). The number of rotatable bonds is 1. The Kier molecular flexibility index (Phi) is 2.76. The highest BCUT2D eigenvalue weighted by atomic mass is 35.5. The summed E-state index contributed by atoms with van der Waals surface area (Å²) in [5.41, 5.74) is 0.635. The highest BCUT2D eigenvalue weighted by Crippen LogP contribution is 2.23. The van der Waals surface area contributed by atoms with E-state index in [9.17, 15) is 0 Å². The van der Waals surface area contributed by atoms with Gasteiger partial charge in [-0.05, 0) is 12.3 Å². The predicted octanol–water partition coefficient (Wildman–Crippen LogP) is 3.05. The number of thioether (sulfide) groups is 1. The molecule has 0 radical (unpaired) electrons. The van der Waals surface area contributed by atoms with Crippen LogP contribution in [0.4, 0.5) is 0 Å². The fourth-order valence-corrected chi connectivity index (χ4v) is 1.88. The molecule has 0 atom stereocenters. The molecule has 0 saturated carbocycles. The van der Waals surface area contributed by atoms with Crippen molar-refractivity contribution in [2.75, 3.05) is 6.26 Å². The van der Waals surface area contributed by atoms with E-state index in [2.05, 4.69) is 15.0 Å². The Morgan fingerprint density at radius 1 is 1.29 bits per heavy atom. The maximum absolute atomic E-state index is 5.90. The lowest BCUT2D eigenvalue weighted by atomic mass is 10.3. The molecule has 2 aromatic rings. The Bertz CT molecular complexity index is 489. The van der Waals surface area contributed by atoms with Crippen molar-refractivity contribution in [3.8, 4) is 0 Å². The maximum atomic E-state index is 5.90. The normalized spacial score (nSPS) is 10.8. The minimum atomic E-state index is 0.310. The number of nitrogens with zero attached hydrogens (tertiary/aromatic N) is 3. The summed E-state index contributed by atoms with van der Waals surface area (Å²) >= 11 is 13.1. The van der Waals surface area contributed by atoms with Crippen LogP contribution in [-0.2, 0) is 0 Å². The van der Waals surface area contributed by atoms with Crippen LogP contribution >= 0.6 is 35.0 Å². The lowest BCUT2D eigenvalue weighted by Gasteiger charge is -2.01. The maximum Gasteiger partial charge on any atom is 0.187 e. The average molecular weight is 246 g/mol. The standard InChI is InChI=1S/C8H5Cl2N3S/c1-14-8-11-3-4-2-5(9)12-7(10)6(4)13-8/h2-3H,1H3. The SMILES string of the molecule is CSc1ncc2cc(Cl)nc(Cl)c2n1. The van der Waals surface area contributed by atoms with Crippen LogP contribution in [0.5, 0.6) is 0 Å². The van der Waals surface area contributed by atoms with Gasteiger partial charge in [0, 0.05) is 11.6 Å². The second-order valence-corrected chi connectivity index (χ2v) is 4.05. The molecular weight excluding hydrogens is 241 g/mol. The Balaban J connectivity index is 2.75. The number of hydrogen-bond acceptors (Lipinski definition) is 4. The van der Waals surface area contributed by atoms with E-state index in [1.165, 1.54) is 11.8 Å². The minimum absolute atomic E-state index is 0.310. The van der Waals surface area contributed by atoms with Gasteiger partial charge in [0.2, 0.25) is 0 Å². The molecule has 3 nitrogen and oxygen atoms in total. The molecule has 2 heterocycles. The quantitative estimate of drug-likeness (QED) is 0.440. The highest BCUT2D eigenvalue weighted by molar-refractivity contribution is 7.98. The Morgan fingerprint density at radius 3 is 2.79 bits per heavy atom. The summed E-state index contributed by atoms with van der Waals surface area (Å²) in [5.74, 6) is 0. The number of fused-ring (bicyclic) bond motifs is 1. The number of aromatic nitrogens is 3. The van der Waals surface area contributed by atoms with Gasteiger partial charge in [-0.15, -0.1) is 0 Å². The largest absolute Gasteiger partial charge is 0.230 e. The summed E-state index contributed by atoms with van der Waals surface area (Å²) in [4.78, 5) is 12.3. The molecule has 0 N–H and O–H groups in total. The van der Waals surface area contributed by atoms with Crippen LogP contribution in [0.3, 0.4) is 0 Å². The number of hydrogen-bond donors (Lipinski definition) is 0. The van der Waals surface area contributed by atoms with Gasteiger partial charge < -0.3 is 0 Å². The van der Waals surface area contributed by atoms with Crippen LogP contribution in [0, 0.1) is 0 Å². The molecule has 0 fully saturated rings. The van der Waals surface area contributed by atoms with Crippen molar-refractivity contribution in [2.24, 2.45) is 0 Å². The lowest BCUT2D eigenvalue weighted by Crippen LogP contribution is -1.89. The van der Waals surface area contributed by atoms with E-state index < -0.39 is 0 Å². The molecule has 0 aliphatic carbocycles. The monoisotopic (exact) mass is 245 g/mol. The molecule has 0 spiro atoms. The smallest absolute Gasteiger partial charge is 0.187 e. The van der Waals surface area contributed by atoms with E-state index in [-0.39, 0.29) is 0 Å². The number of pyridine rings is 1. The van der Waals surface area contributed by atoms with Crippen LogP contribution < -0.4 is 0 Å². The van der Waals surface area contributed by atoms with Crippen molar-refractivity contribution < 1.29 is 0 Å². The van der Waals surface area contributed by atoms with Gasteiger partial charge in [-0.1, -0.05) is 35.0 Å². The molecule has 72 valence electrons. The zero-order valence-electron chi connectivity index (χ0n) is 7.16. The first-order valence-corrected chi connectivity index (χ1v) is 5.71. The van der Waals surface area contributed by atoms with Crippen molar-refractivity contribution >= 4 is 45.9 Å². The third-order valence-electron chi connectivity index (χ3n) is 1.65. The van der Waals surface area contributed by atoms with Crippen molar-refractivity contribution in [1.82, 2.24) is 15.0 Å². The molecule has 6 heteroatoms. The molecule has 0 bridgehead atoms. The van der Waals surface area contributed by atoms with Crippen molar-refractivity contribution in [3.05, 3.63) is 22.6 Å². The fraction of sp³-hybridized carbons (Fsp3) is 0.125. The van der Waals surface area contributed by atoms with Crippen molar-refractivity contribution in [1.29, 1.82) is 0 Å². The summed E-state index contributed by atoms with van der Waals surface area (Å²) in [5, 5.41) is 2.13. The van der Waals surface area contributed by atoms with Gasteiger partial charge in [-0.25, -0.2) is 15.0 Å². The third kappa shape index (κ3) is 1.78. The van der Waals surface area contributed by atoms with Gasteiger partial charge in [0.05, 0.1) is 0 Å². The molecular formula is C8H5Cl2N3S. The predicted molar refractivity (Wildman–Crippen MR) is 59.1 cm³/mol. The lowest BCUT2D eigenvalue weighted by molar-refractivity contribution is 1.00. The number of halogens is 2. The molecule has 0 aliphatic heterocycles. The Morgan fingerprint density at radius 2 is 2.07 bits per heavy atom. The second kappa shape index (κ2) is 3.88. The van der Waals surface area contributed by atoms with Crippen molar-refractivity contribution in [2.45, 2.75) is 5.16 Å². The topological polar surface area (TPSA) is 38.7 Å². The van der Waals surface area contributed by atoms with E-state index in [1.807, 2.05) is 6.26 Å². The highest BCUT2D eigenvalue weighted by Gasteiger charge is 2.05. The minimum Gasteiger partial charge on any atom is -0.230 e. The van der Waals surface area contributed by atoms with Gasteiger partial charge in [-0.3, -0.25) is 0 Å². The van der Waals surface area contributed by atoms with Gasteiger partial charge >= 0.3 is 0 Å². The summed E-state index contributed by atoms with van der Waals surface area (Å²) in [6.07, 6.45) is 3.59. The molecule has 0 aliphatic rings. The van der Waals surface area contributed by atoms with Crippen LogP contribution in [0.15, 0.2) is 17.4 Å². The summed E-state index contributed by atoms with van der Waals surface area (Å²) in [6.45, 7) is 0. The van der Waals surface area contributed by atoms with E-state index in [4.69, 9.17) is 23.2 Å². The molecule has 0 unspecified atom stereocenters. The summed E-state index contributed by atoms with van der Waals surface area (Å²) in [6, 6.07) is 1.69. The summed E-state index contributed by atoms with van der Waals surface area (Å²) < 4.78 is 0. The first kappa shape index (κ1) is 9.96. The van der Waals surface area contributed by atoms with Crippen LogP contribution in [0.25, 0.3) is 10.9 Å². The van der Waals surface area contributed by atoms with Gasteiger partial charge in [-0.2, -0.15) is 0 Å². The van der Waals surface area contributed by atoms with E-state index in [1.54, 1.807) is 12.3 Å².